The predicted octanol–water partition coefficient (Wildman–Crippen LogP) is 2.84. The number of benzene rings is 2. The standard InChI is InChI=1S/C27H27N7O3/c28-24(35)17-8-11-34(12-9-17)25-20(4-2-10-29-25)15-30-26(36)18-3-1-5-21(13-18)33-27(37)19-6-7-22-23(14-19)32-16-31-22/h1-7,10,13-14,16-17H,8-9,11-12,15H2,(H2,28,35)(H,30,36)(H,31,32)(H,33,37). The van der Waals surface area contributed by atoms with Gasteiger partial charge in [0.15, 0.2) is 0 Å². The molecule has 0 atom stereocenters. The number of hydrogen-bond acceptors (Lipinski definition) is 6. The number of fused-ring (bicyclic) bond motifs is 1. The molecule has 3 amide bonds. The molecule has 3 heterocycles. The van der Waals surface area contributed by atoms with Crippen LogP contribution >= 0.6 is 0 Å². The van der Waals surface area contributed by atoms with Crippen LogP contribution in [0.25, 0.3) is 11.0 Å². The highest BCUT2D eigenvalue weighted by Gasteiger charge is 2.25. The normalized spacial score (nSPS) is 13.9. The van der Waals surface area contributed by atoms with E-state index in [0.717, 1.165) is 22.4 Å². The molecular formula is C27H27N7O3. The fourth-order valence-corrected chi connectivity index (χ4v) is 4.52. The first-order valence-electron chi connectivity index (χ1n) is 12.1. The van der Waals surface area contributed by atoms with Gasteiger partial charge in [-0.25, -0.2) is 9.97 Å². The molecule has 10 heteroatoms. The van der Waals surface area contributed by atoms with Crippen LogP contribution in [0.1, 0.15) is 39.1 Å². The molecule has 1 fully saturated rings. The minimum Gasteiger partial charge on any atom is -0.369 e. The van der Waals surface area contributed by atoms with E-state index in [1.54, 1.807) is 55.0 Å². The van der Waals surface area contributed by atoms with Crippen molar-refractivity contribution in [1.29, 1.82) is 0 Å². The van der Waals surface area contributed by atoms with Gasteiger partial charge in [0.25, 0.3) is 11.8 Å². The van der Waals surface area contributed by atoms with E-state index in [4.69, 9.17) is 5.73 Å². The van der Waals surface area contributed by atoms with Gasteiger partial charge in [-0.15, -0.1) is 0 Å². The number of carbonyl (C=O) groups is 3. The molecule has 2 aromatic carbocycles. The van der Waals surface area contributed by atoms with Crippen LogP contribution < -0.4 is 21.3 Å². The number of pyridine rings is 1. The third-order valence-corrected chi connectivity index (χ3v) is 6.57. The SMILES string of the molecule is NC(=O)C1CCN(c2ncccc2CNC(=O)c2cccc(NC(=O)c3ccc4nc[nH]c4c3)c2)CC1. The number of rotatable bonds is 7. The third kappa shape index (κ3) is 5.43. The number of H-pyrrole nitrogens is 1. The van der Waals surface area contributed by atoms with E-state index in [9.17, 15) is 14.4 Å². The highest BCUT2D eigenvalue weighted by molar-refractivity contribution is 6.06. The lowest BCUT2D eigenvalue weighted by Crippen LogP contribution is -2.39. The first kappa shape index (κ1) is 24.0. The van der Waals surface area contributed by atoms with E-state index in [1.807, 2.05) is 12.1 Å². The number of anilines is 2. The molecule has 0 unspecified atom stereocenters. The number of nitrogens with two attached hydrogens (primary N) is 1. The first-order valence-corrected chi connectivity index (χ1v) is 12.1. The van der Waals surface area contributed by atoms with E-state index in [-0.39, 0.29) is 23.6 Å². The molecule has 10 nitrogen and oxygen atoms in total. The van der Waals surface area contributed by atoms with Crippen molar-refractivity contribution in [2.75, 3.05) is 23.3 Å². The second kappa shape index (κ2) is 10.5. The van der Waals surface area contributed by atoms with Gasteiger partial charge in [-0.3, -0.25) is 14.4 Å². The molecule has 0 saturated carbocycles. The van der Waals surface area contributed by atoms with Crippen molar-refractivity contribution in [1.82, 2.24) is 20.3 Å². The van der Waals surface area contributed by atoms with Gasteiger partial charge in [0, 0.05) is 54.1 Å². The lowest BCUT2D eigenvalue weighted by Gasteiger charge is -2.32. The maximum absolute atomic E-state index is 12.9. The highest BCUT2D eigenvalue weighted by atomic mass is 16.2. The van der Waals surface area contributed by atoms with Crippen molar-refractivity contribution < 1.29 is 14.4 Å². The third-order valence-electron chi connectivity index (χ3n) is 6.57. The Kier molecular flexibility index (Phi) is 6.80. The Balaban J connectivity index is 1.22. The zero-order valence-corrected chi connectivity index (χ0v) is 20.1. The number of nitrogens with one attached hydrogen (secondary N) is 3. The van der Waals surface area contributed by atoms with Crippen LogP contribution in [0.15, 0.2) is 67.1 Å². The summed E-state index contributed by atoms with van der Waals surface area (Å²) >= 11 is 0. The summed E-state index contributed by atoms with van der Waals surface area (Å²) in [4.78, 5) is 50.9. The molecule has 0 aliphatic carbocycles. The van der Waals surface area contributed by atoms with Gasteiger partial charge in [0.2, 0.25) is 5.91 Å². The van der Waals surface area contributed by atoms with Crippen molar-refractivity contribution in [3.05, 3.63) is 83.8 Å². The van der Waals surface area contributed by atoms with E-state index in [0.29, 0.717) is 49.3 Å². The largest absolute Gasteiger partial charge is 0.369 e. The maximum atomic E-state index is 12.9. The van der Waals surface area contributed by atoms with Crippen LogP contribution in [-0.4, -0.2) is 45.8 Å². The number of imidazole rings is 1. The number of primary amides is 1. The number of carbonyl (C=O) groups excluding carboxylic acids is 3. The zero-order valence-electron chi connectivity index (χ0n) is 20.1. The number of aromatic nitrogens is 3. The summed E-state index contributed by atoms with van der Waals surface area (Å²) in [5.41, 5.74) is 9.31. The number of amides is 3. The highest BCUT2D eigenvalue weighted by Crippen LogP contribution is 2.24. The number of piperidine rings is 1. The Hall–Kier alpha value is -4.73. The van der Waals surface area contributed by atoms with Gasteiger partial charge in [-0.05, 0) is 55.3 Å². The maximum Gasteiger partial charge on any atom is 0.255 e. The predicted molar refractivity (Wildman–Crippen MR) is 140 cm³/mol. The molecule has 4 aromatic rings. The number of nitrogens with zero attached hydrogens (tertiary/aromatic N) is 3. The zero-order chi connectivity index (χ0) is 25.8. The van der Waals surface area contributed by atoms with Gasteiger partial charge >= 0.3 is 0 Å². The van der Waals surface area contributed by atoms with E-state index in [2.05, 4.69) is 30.5 Å². The van der Waals surface area contributed by atoms with Gasteiger partial charge in [0.05, 0.1) is 17.4 Å². The molecule has 37 heavy (non-hydrogen) atoms. The van der Waals surface area contributed by atoms with Crippen LogP contribution in [0, 0.1) is 5.92 Å². The van der Waals surface area contributed by atoms with Crippen LogP contribution in [0.5, 0.6) is 0 Å². The first-order chi connectivity index (χ1) is 18.0. The Morgan fingerprint density at radius 3 is 2.59 bits per heavy atom. The second-order valence-electron chi connectivity index (χ2n) is 9.00. The molecule has 1 aliphatic rings. The van der Waals surface area contributed by atoms with Crippen molar-refractivity contribution in [2.24, 2.45) is 11.7 Å². The van der Waals surface area contributed by atoms with Crippen molar-refractivity contribution in [3.63, 3.8) is 0 Å². The lowest BCUT2D eigenvalue weighted by molar-refractivity contribution is -0.122. The monoisotopic (exact) mass is 497 g/mol. The topological polar surface area (TPSA) is 146 Å². The fraction of sp³-hybridized carbons (Fsp3) is 0.222. The number of hydrogen-bond donors (Lipinski definition) is 4. The lowest BCUT2D eigenvalue weighted by atomic mass is 9.96. The summed E-state index contributed by atoms with van der Waals surface area (Å²) in [5, 5.41) is 5.79. The number of aromatic amines is 1. The summed E-state index contributed by atoms with van der Waals surface area (Å²) in [7, 11) is 0. The summed E-state index contributed by atoms with van der Waals surface area (Å²) in [6.07, 6.45) is 4.67. The molecule has 0 bridgehead atoms. The summed E-state index contributed by atoms with van der Waals surface area (Å²) < 4.78 is 0. The average Bonchev–Trinajstić information content (AvgIpc) is 3.40. The fourth-order valence-electron chi connectivity index (χ4n) is 4.52. The quantitative estimate of drug-likeness (QED) is 0.309. The van der Waals surface area contributed by atoms with Gasteiger partial charge in [-0.1, -0.05) is 12.1 Å². The Bertz CT molecular complexity index is 1460. The molecule has 2 aromatic heterocycles. The summed E-state index contributed by atoms with van der Waals surface area (Å²) in [6, 6.07) is 15.8. The second-order valence-corrected chi connectivity index (χ2v) is 9.00. The van der Waals surface area contributed by atoms with E-state index in [1.165, 1.54) is 0 Å². The molecule has 1 aliphatic heterocycles. The molecule has 188 valence electrons. The van der Waals surface area contributed by atoms with Crippen molar-refractivity contribution in [3.8, 4) is 0 Å². The van der Waals surface area contributed by atoms with E-state index < -0.39 is 0 Å². The summed E-state index contributed by atoms with van der Waals surface area (Å²) in [5.74, 6) is -0.123. The molecule has 5 N–H and O–H groups in total. The Morgan fingerprint density at radius 1 is 0.973 bits per heavy atom. The van der Waals surface area contributed by atoms with Crippen molar-refractivity contribution >= 4 is 40.3 Å². The van der Waals surface area contributed by atoms with Crippen LogP contribution in [0.2, 0.25) is 0 Å². The molecule has 5 rings (SSSR count). The average molecular weight is 498 g/mol. The molecule has 1 saturated heterocycles. The minimum atomic E-state index is -0.283. The van der Waals surface area contributed by atoms with E-state index >= 15 is 0 Å². The Labute approximate surface area is 213 Å². The molecule has 0 spiro atoms. The molecular weight excluding hydrogens is 470 g/mol. The summed E-state index contributed by atoms with van der Waals surface area (Å²) in [6.45, 7) is 1.65. The smallest absolute Gasteiger partial charge is 0.255 e. The van der Waals surface area contributed by atoms with Gasteiger partial charge in [-0.2, -0.15) is 0 Å². The van der Waals surface area contributed by atoms with Crippen LogP contribution in [-0.2, 0) is 11.3 Å². The minimum absolute atomic E-state index is 0.107. The van der Waals surface area contributed by atoms with Crippen LogP contribution in [0.3, 0.4) is 0 Å². The van der Waals surface area contributed by atoms with Gasteiger partial charge < -0.3 is 26.3 Å². The Morgan fingerprint density at radius 2 is 1.78 bits per heavy atom. The van der Waals surface area contributed by atoms with Gasteiger partial charge in [0.1, 0.15) is 5.82 Å². The van der Waals surface area contributed by atoms with Crippen molar-refractivity contribution in [2.45, 2.75) is 19.4 Å². The van der Waals surface area contributed by atoms with Crippen LogP contribution in [0.4, 0.5) is 11.5 Å². The molecule has 0 radical (unpaired) electrons.